The Hall–Kier alpha value is -3.07. The SMILES string of the molecule is C1CCOC1.CC#N.CC#N.CC(C)[PH+](c1ccc2c3c(ccc([PH+](C(C)C)C(C)C)c13)CC2)c1ccc2c3c(ccc([PH+](C(C)C)C(C)C)c13)CC2.CC(C)[PH+](c1ccc2c3c(ccc([PH+](C(C)C)C(C)C)c13)CC2)c1ccc2c3c(ccc([PH+](C(C)C)C(C)C)c13)CC2.F[B-](F)(F)F.F[B-](F)(F)F.[Cu+].[Cu+]. The van der Waals surface area contributed by atoms with Crippen LogP contribution in [0.4, 0.5) is 34.5 Å². The van der Waals surface area contributed by atoms with Crippen LogP contribution in [0.3, 0.4) is 0 Å². The summed E-state index contributed by atoms with van der Waals surface area (Å²) >= 11 is 0. The number of hydrogen-bond acceptors (Lipinski definition) is 3. The van der Waals surface area contributed by atoms with Crippen molar-refractivity contribution >= 4 is 148 Å². The molecule has 1 fully saturated rings. The molecule has 0 radical (unpaired) electrons. The van der Waals surface area contributed by atoms with Gasteiger partial charge in [0.2, 0.25) is 0 Å². The third kappa shape index (κ3) is 22.9. The van der Waals surface area contributed by atoms with Crippen LogP contribution in [0.15, 0.2) is 97.1 Å². The van der Waals surface area contributed by atoms with E-state index in [1.807, 2.05) is 0 Å². The van der Waals surface area contributed by atoms with Gasteiger partial charge in [0.1, 0.15) is 42.4 Å². The summed E-state index contributed by atoms with van der Waals surface area (Å²) < 4.78 is 82.9. The molecule has 1 aliphatic heterocycles. The van der Waals surface area contributed by atoms with E-state index in [2.05, 4.69) is 236 Å². The fraction of sp³-hybridized carbons (Fsp3) is 0.512. The monoisotopic (exact) mass is 1680 g/mol. The Balaban J connectivity index is 0.000000298. The Labute approximate surface area is 666 Å². The zero-order valence-corrected chi connectivity index (χ0v) is 75.5. The number of ether oxygens (including phenoxy) is 1. The maximum atomic E-state index is 9.75. The summed E-state index contributed by atoms with van der Waals surface area (Å²) in [6.45, 7) is 54.8. The molecule has 21 heteroatoms. The van der Waals surface area contributed by atoms with Gasteiger partial charge in [-0.15, -0.1) is 0 Å². The van der Waals surface area contributed by atoms with E-state index in [0.29, 0.717) is 11.3 Å². The summed E-state index contributed by atoms with van der Waals surface area (Å²) in [4.78, 5) is 0. The van der Waals surface area contributed by atoms with Crippen molar-refractivity contribution in [2.75, 3.05) is 13.2 Å². The van der Waals surface area contributed by atoms with Crippen LogP contribution in [0.2, 0.25) is 0 Å². The summed E-state index contributed by atoms with van der Waals surface area (Å²) in [6, 6.07) is 44.7. The van der Waals surface area contributed by atoms with Gasteiger partial charge in [-0.1, -0.05) is 48.5 Å². The predicted octanol–water partition coefficient (Wildman–Crippen LogP) is 22.6. The van der Waals surface area contributed by atoms with E-state index in [9.17, 15) is 34.5 Å². The van der Waals surface area contributed by atoms with Crippen molar-refractivity contribution in [1.82, 2.24) is 0 Å². The smallest absolute Gasteiger partial charge is 0.418 e. The third-order valence-corrected chi connectivity index (χ3v) is 41.8. The van der Waals surface area contributed by atoms with Gasteiger partial charge in [0.15, 0.2) is 0 Å². The number of rotatable bonds is 18. The third-order valence-electron chi connectivity index (χ3n) is 21.4. The van der Waals surface area contributed by atoms with Gasteiger partial charge < -0.3 is 39.3 Å². The summed E-state index contributed by atoms with van der Waals surface area (Å²) in [6.07, 6.45) is 12.3. The molecule has 0 bridgehead atoms. The largest absolute Gasteiger partial charge is 1.00 e. The van der Waals surface area contributed by atoms with Crippen molar-refractivity contribution in [3.63, 3.8) is 0 Å². The van der Waals surface area contributed by atoms with Gasteiger partial charge in [0, 0.05) is 58.7 Å². The average Bonchev–Trinajstić information content (AvgIpc) is 1.70. The first-order chi connectivity index (χ1) is 49.3. The van der Waals surface area contributed by atoms with Gasteiger partial charge in [-0.25, -0.2) is 0 Å². The quantitative estimate of drug-likeness (QED) is 0.0489. The van der Waals surface area contributed by atoms with Gasteiger partial charge in [-0.3, -0.25) is 0 Å². The first-order valence-electron chi connectivity index (χ1n) is 38.8. The van der Waals surface area contributed by atoms with Crippen LogP contribution < -0.4 is 42.4 Å². The Kier molecular flexibility index (Phi) is 36.9. The minimum atomic E-state index is -6.00. The van der Waals surface area contributed by atoms with Crippen LogP contribution >= 0.6 is 47.5 Å². The van der Waals surface area contributed by atoms with E-state index in [4.69, 9.17) is 15.3 Å². The van der Waals surface area contributed by atoms with Crippen LogP contribution in [0.5, 0.6) is 0 Å². The first kappa shape index (κ1) is 94.5. The van der Waals surface area contributed by atoms with Crippen molar-refractivity contribution in [3.8, 4) is 12.1 Å². The van der Waals surface area contributed by atoms with Crippen LogP contribution in [0.25, 0.3) is 43.1 Å². The average molecular weight is 1690 g/mol. The fourth-order valence-electron chi connectivity index (χ4n) is 18.4. The maximum Gasteiger partial charge on any atom is 1.00 e. The van der Waals surface area contributed by atoms with Crippen molar-refractivity contribution in [2.24, 2.45) is 0 Å². The molecule has 8 aromatic rings. The van der Waals surface area contributed by atoms with E-state index in [1.54, 1.807) is 142 Å². The normalized spacial score (nSPS) is 14.0. The molecule has 8 aromatic carbocycles. The molecule has 0 atom stereocenters. The minimum absolute atomic E-state index is 0. The number of aryl methyl sites for hydroxylation is 8. The molecule has 3 nitrogen and oxygen atoms in total. The molecule has 13 rings (SSSR count). The van der Waals surface area contributed by atoms with Gasteiger partial charge in [0.25, 0.3) is 0 Å². The number of hydrogen-bond donors (Lipinski definition) is 0. The van der Waals surface area contributed by atoms with Crippen LogP contribution in [0, 0.1) is 22.7 Å². The minimum Gasteiger partial charge on any atom is -0.418 e. The molecule has 590 valence electrons. The molecule has 4 aliphatic carbocycles. The molecule has 107 heavy (non-hydrogen) atoms. The van der Waals surface area contributed by atoms with Crippen molar-refractivity contribution in [3.05, 3.63) is 142 Å². The van der Waals surface area contributed by atoms with Crippen LogP contribution in [-0.4, -0.2) is 84.3 Å². The summed E-state index contributed by atoms with van der Waals surface area (Å²) in [5, 5.41) is 41.8. The Morgan fingerprint density at radius 3 is 0.523 bits per heavy atom. The van der Waals surface area contributed by atoms with E-state index >= 15 is 0 Å². The molecule has 0 spiro atoms. The molecule has 0 unspecified atom stereocenters. The number of nitriles is 2. The van der Waals surface area contributed by atoms with Crippen molar-refractivity contribution in [2.45, 2.75) is 273 Å². The Bertz CT molecular complexity index is 3770. The molecule has 1 heterocycles. The van der Waals surface area contributed by atoms with Gasteiger partial charge in [0.05, 0.1) is 106 Å². The molecular weight excluding hydrogens is 1560 g/mol. The van der Waals surface area contributed by atoms with Crippen LogP contribution in [0.1, 0.15) is 210 Å². The Morgan fingerprint density at radius 2 is 0.411 bits per heavy atom. The number of benzene rings is 8. The van der Waals surface area contributed by atoms with Crippen molar-refractivity contribution in [1.29, 1.82) is 10.5 Å². The molecule has 1 saturated heterocycles. The summed E-state index contributed by atoms with van der Waals surface area (Å²) in [7, 11) is -17.0. The molecule has 5 aliphatic rings. The zero-order valence-electron chi connectivity index (χ0n) is 67.6. The molecule has 0 N–H and O–H groups in total. The Morgan fingerprint density at radius 1 is 0.271 bits per heavy atom. The summed E-state index contributed by atoms with van der Waals surface area (Å²) in [5.41, 5.74) is 19.9. The topological polar surface area (TPSA) is 56.8 Å². The van der Waals surface area contributed by atoms with Crippen LogP contribution in [-0.2, 0) is 90.2 Å². The van der Waals surface area contributed by atoms with Crippen molar-refractivity contribution < 1.29 is 73.4 Å². The van der Waals surface area contributed by atoms with Gasteiger partial charge >= 0.3 is 48.6 Å². The summed E-state index contributed by atoms with van der Waals surface area (Å²) in [5.74, 6) is 0. The molecule has 0 saturated carbocycles. The molecule has 0 aromatic heterocycles. The van der Waals surface area contributed by atoms with E-state index in [1.165, 1.54) is 78.1 Å². The first-order valence-corrected chi connectivity index (χ1v) is 48.6. The fourth-order valence-corrected chi connectivity index (χ4v) is 38.7. The molecule has 0 amide bonds. The molecular formula is C86H122B2Cu2F8N2OP6+6. The second kappa shape index (κ2) is 41.8. The van der Waals surface area contributed by atoms with E-state index < -0.39 is 62.0 Å². The predicted molar refractivity (Wildman–Crippen MR) is 467 cm³/mol. The number of halogens is 8. The standard InChI is InChI=1S/2C39H51P3.C4H8O.2C2H3N.2BF4.2Cu/c2*1-23(2)40(24(3)4)32-19-15-28-11-13-30-17-21-34(38(32)36(28)30)42(27(9)10)35-22-18-31-14-12-29-16-20-33(39(35)37(29)31)41(25(5)6)26(7)8;1-2-4-5-3-1;2*1-2-3;2*2-1(3,4)5;;/h2*15-27H,11-14H2,1-10H3;1-4H2;2*1H3;;;;/q;;;;;2*-1;2*+1/p+6. The van der Waals surface area contributed by atoms with Gasteiger partial charge in [-0.2, -0.15) is 10.5 Å². The van der Waals surface area contributed by atoms with Gasteiger partial charge in [-0.05, 0) is 317 Å². The second-order valence-corrected chi connectivity index (χ2v) is 53.3. The van der Waals surface area contributed by atoms with E-state index in [0.717, 1.165) is 58.5 Å². The van der Waals surface area contributed by atoms with E-state index in [-0.39, 0.29) is 34.1 Å². The maximum absolute atomic E-state index is 9.75. The second-order valence-electron chi connectivity index (χ2n) is 32.1. The zero-order chi connectivity index (χ0) is 78.0. The number of nitrogens with zero attached hydrogens (tertiary/aromatic N) is 2.